The first-order valence-corrected chi connectivity index (χ1v) is 5.37. The number of hydrogen-bond acceptors (Lipinski definition) is 1. The minimum atomic E-state index is 0.461. The van der Waals surface area contributed by atoms with Crippen LogP contribution in [-0.4, -0.2) is 12.1 Å². The van der Waals surface area contributed by atoms with Gasteiger partial charge in [0.1, 0.15) is 0 Å². The zero-order valence-electron chi connectivity index (χ0n) is 8.82. The summed E-state index contributed by atoms with van der Waals surface area (Å²) in [5.41, 5.74) is 0.461. The fourth-order valence-corrected chi connectivity index (χ4v) is 1.96. The van der Waals surface area contributed by atoms with Crippen LogP contribution in [0.1, 0.15) is 52.9 Å². The molecule has 1 fully saturated rings. The van der Waals surface area contributed by atoms with Crippen LogP contribution in [0.5, 0.6) is 0 Å². The third-order valence-electron chi connectivity index (χ3n) is 2.89. The lowest BCUT2D eigenvalue weighted by Gasteiger charge is -2.35. The summed E-state index contributed by atoms with van der Waals surface area (Å²) in [6.45, 7) is 8.11. The largest absolute Gasteiger partial charge is 0.311 e. The van der Waals surface area contributed by atoms with Crippen molar-refractivity contribution in [3.8, 4) is 0 Å². The average Bonchev–Trinajstić information content (AvgIpc) is 2.03. The summed E-state index contributed by atoms with van der Waals surface area (Å²) in [5.74, 6) is 0.781. The smallest absolute Gasteiger partial charge is 0.0153 e. The zero-order valence-corrected chi connectivity index (χ0v) is 8.82. The summed E-state index contributed by atoms with van der Waals surface area (Å²) in [7, 11) is 0. The summed E-state index contributed by atoms with van der Waals surface area (Å²) in [5, 5.41) is 3.70. The van der Waals surface area contributed by atoms with E-state index in [1.807, 2.05) is 0 Å². The van der Waals surface area contributed by atoms with Crippen molar-refractivity contribution >= 4 is 0 Å². The molecule has 12 heavy (non-hydrogen) atoms. The van der Waals surface area contributed by atoms with E-state index in [1.54, 1.807) is 0 Å². The summed E-state index contributed by atoms with van der Waals surface area (Å²) < 4.78 is 0. The third kappa shape index (κ3) is 3.14. The predicted molar refractivity (Wildman–Crippen MR) is 54.3 cm³/mol. The van der Waals surface area contributed by atoms with Crippen LogP contribution in [0.3, 0.4) is 0 Å². The van der Waals surface area contributed by atoms with Crippen molar-refractivity contribution < 1.29 is 0 Å². The van der Waals surface area contributed by atoms with Crippen molar-refractivity contribution in [2.24, 2.45) is 5.92 Å². The van der Waals surface area contributed by atoms with Gasteiger partial charge < -0.3 is 5.32 Å². The molecule has 0 bridgehead atoms. The quantitative estimate of drug-likeness (QED) is 0.685. The minimum Gasteiger partial charge on any atom is -0.311 e. The van der Waals surface area contributed by atoms with Crippen molar-refractivity contribution in [2.75, 3.05) is 6.54 Å². The van der Waals surface area contributed by atoms with Crippen molar-refractivity contribution in [3.05, 3.63) is 0 Å². The topological polar surface area (TPSA) is 12.0 Å². The van der Waals surface area contributed by atoms with E-state index in [0.29, 0.717) is 5.54 Å². The molecule has 0 heterocycles. The zero-order chi connectivity index (χ0) is 9.03. The monoisotopic (exact) mass is 169 g/mol. The second kappa shape index (κ2) is 4.27. The van der Waals surface area contributed by atoms with Gasteiger partial charge in [0, 0.05) is 5.54 Å². The predicted octanol–water partition coefficient (Wildman–Crippen LogP) is 2.95. The van der Waals surface area contributed by atoms with Gasteiger partial charge in [0.15, 0.2) is 0 Å². The van der Waals surface area contributed by atoms with E-state index in [0.717, 1.165) is 5.92 Å². The molecule has 0 amide bonds. The molecule has 1 rings (SSSR count). The van der Waals surface area contributed by atoms with Crippen LogP contribution in [0, 0.1) is 5.92 Å². The van der Waals surface area contributed by atoms with Crippen LogP contribution in [-0.2, 0) is 0 Å². The molecule has 0 radical (unpaired) electrons. The highest BCUT2D eigenvalue weighted by Crippen LogP contribution is 2.27. The Bertz CT molecular complexity index is 123. The molecule has 1 nitrogen and oxygen atoms in total. The Morgan fingerprint density at radius 1 is 1.17 bits per heavy atom. The van der Waals surface area contributed by atoms with Crippen LogP contribution in [0.25, 0.3) is 0 Å². The maximum absolute atomic E-state index is 3.70. The van der Waals surface area contributed by atoms with Crippen LogP contribution in [0.2, 0.25) is 0 Å². The maximum atomic E-state index is 3.70. The molecule has 1 N–H and O–H groups in total. The second-order valence-electron chi connectivity index (χ2n) is 4.90. The van der Waals surface area contributed by atoms with E-state index < -0.39 is 0 Å². The molecular weight excluding hydrogens is 146 g/mol. The molecule has 0 atom stereocenters. The van der Waals surface area contributed by atoms with Crippen molar-refractivity contribution in [1.82, 2.24) is 5.32 Å². The Hall–Kier alpha value is -0.0400. The number of hydrogen-bond donors (Lipinski definition) is 1. The summed E-state index contributed by atoms with van der Waals surface area (Å²) in [6, 6.07) is 0. The second-order valence-corrected chi connectivity index (χ2v) is 4.90. The summed E-state index contributed by atoms with van der Waals surface area (Å²) >= 11 is 0. The molecule has 0 aromatic heterocycles. The van der Waals surface area contributed by atoms with Gasteiger partial charge in [0.2, 0.25) is 0 Å². The molecule has 1 aliphatic rings. The Morgan fingerprint density at radius 2 is 1.75 bits per heavy atom. The third-order valence-corrected chi connectivity index (χ3v) is 2.89. The molecule has 1 aliphatic carbocycles. The first-order valence-electron chi connectivity index (χ1n) is 5.37. The van der Waals surface area contributed by atoms with Crippen molar-refractivity contribution in [1.29, 1.82) is 0 Å². The van der Waals surface area contributed by atoms with Gasteiger partial charge in [0.05, 0.1) is 0 Å². The van der Waals surface area contributed by atoms with E-state index >= 15 is 0 Å². The van der Waals surface area contributed by atoms with Crippen LogP contribution >= 0.6 is 0 Å². The SMILES string of the molecule is CC(C)CNC1(C)CCCCC1. The fourth-order valence-electron chi connectivity index (χ4n) is 1.96. The lowest BCUT2D eigenvalue weighted by Crippen LogP contribution is -2.45. The highest BCUT2D eigenvalue weighted by Gasteiger charge is 2.25. The van der Waals surface area contributed by atoms with Crippen molar-refractivity contribution in [2.45, 2.75) is 58.4 Å². The Morgan fingerprint density at radius 3 is 2.25 bits per heavy atom. The van der Waals surface area contributed by atoms with Gasteiger partial charge >= 0.3 is 0 Å². The molecule has 0 saturated heterocycles. The molecule has 0 unspecified atom stereocenters. The molecule has 1 heteroatoms. The van der Waals surface area contributed by atoms with Gasteiger partial charge in [-0.05, 0) is 32.2 Å². The first-order chi connectivity index (χ1) is 5.62. The van der Waals surface area contributed by atoms with Gasteiger partial charge in [-0.25, -0.2) is 0 Å². The summed E-state index contributed by atoms with van der Waals surface area (Å²) in [4.78, 5) is 0. The highest BCUT2D eigenvalue weighted by molar-refractivity contribution is 4.86. The van der Waals surface area contributed by atoms with Gasteiger partial charge in [0.25, 0.3) is 0 Å². The average molecular weight is 169 g/mol. The van der Waals surface area contributed by atoms with E-state index in [-0.39, 0.29) is 0 Å². The number of rotatable bonds is 3. The fraction of sp³-hybridized carbons (Fsp3) is 1.00. The van der Waals surface area contributed by atoms with E-state index in [9.17, 15) is 0 Å². The highest BCUT2D eigenvalue weighted by atomic mass is 15.0. The van der Waals surface area contributed by atoms with E-state index in [4.69, 9.17) is 0 Å². The molecular formula is C11H23N. The lowest BCUT2D eigenvalue weighted by atomic mass is 9.83. The molecule has 0 spiro atoms. The van der Waals surface area contributed by atoms with Crippen LogP contribution in [0.4, 0.5) is 0 Å². The van der Waals surface area contributed by atoms with E-state index in [1.165, 1.54) is 38.6 Å². The van der Waals surface area contributed by atoms with Gasteiger partial charge in [-0.3, -0.25) is 0 Å². The molecule has 0 aromatic rings. The summed E-state index contributed by atoms with van der Waals surface area (Å²) in [6.07, 6.45) is 7.03. The van der Waals surface area contributed by atoms with Crippen LogP contribution in [0.15, 0.2) is 0 Å². The molecule has 72 valence electrons. The molecule has 0 aromatic carbocycles. The minimum absolute atomic E-state index is 0.461. The Labute approximate surface area is 76.9 Å². The van der Waals surface area contributed by atoms with Gasteiger partial charge in [-0.1, -0.05) is 33.1 Å². The van der Waals surface area contributed by atoms with Gasteiger partial charge in [-0.2, -0.15) is 0 Å². The number of nitrogens with one attached hydrogen (secondary N) is 1. The van der Waals surface area contributed by atoms with E-state index in [2.05, 4.69) is 26.1 Å². The standard InChI is InChI=1S/C11H23N/c1-10(2)9-12-11(3)7-5-4-6-8-11/h10,12H,4-9H2,1-3H3. The normalized spacial score (nSPS) is 23.0. The molecule has 1 saturated carbocycles. The Kier molecular flexibility index (Phi) is 3.57. The lowest BCUT2D eigenvalue weighted by molar-refractivity contribution is 0.245. The van der Waals surface area contributed by atoms with Crippen molar-refractivity contribution in [3.63, 3.8) is 0 Å². The maximum Gasteiger partial charge on any atom is 0.0153 e. The van der Waals surface area contributed by atoms with Gasteiger partial charge in [-0.15, -0.1) is 0 Å². The van der Waals surface area contributed by atoms with Crippen LogP contribution < -0.4 is 5.32 Å². The first kappa shape index (κ1) is 10.0. The molecule has 0 aliphatic heterocycles. The Balaban J connectivity index is 2.26.